The van der Waals surface area contributed by atoms with Gasteiger partial charge in [0.05, 0.1) is 13.7 Å². The molecule has 7 heteroatoms. The average Bonchev–Trinajstić information content (AvgIpc) is 2.89. The van der Waals surface area contributed by atoms with Crippen molar-refractivity contribution >= 4 is 5.97 Å². The summed E-state index contributed by atoms with van der Waals surface area (Å²) in [6.45, 7) is 0.428. The summed E-state index contributed by atoms with van der Waals surface area (Å²) in [6, 6.07) is 6.84. The minimum atomic E-state index is -0.970. The first-order valence-electron chi connectivity index (χ1n) is 7.64. The highest BCUT2D eigenvalue weighted by Crippen LogP contribution is 2.21. The maximum atomic E-state index is 12.4. The van der Waals surface area contributed by atoms with Crippen molar-refractivity contribution in [1.29, 1.82) is 0 Å². The topological polar surface area (TPSA) is 86.4 Å². The molecule has 23 heavy (non-hydrogen) atoms. The Labute approximate surface area is 133 Å². The number of rotatable bonds is 5. The summed E-state index contributed by atoms with van der Waals surface area (Å²) in [7, 11) is 1.61. The first-order chi connectivity index (χ1) is 11.1. The van der Waals surface area contributed by atoms with Crippen LogP contribution >= 0.6 is 0 Å². The molecule has 3 rings (SSSR count). The van der Waals surface area contributed by atoms with Crippen LogP contribution in [0.15, 0.2) is 29.1 Å². The van der Waals surface area contributed by atoms with E-state index in [1.54, 1.807) is 7.11 Å². The molecule has 0 unspecified atom stereocenters. The lowest BCUT2D eigenvalue weighted by Crippen LogP contribution is -2.34. The van der Waals surface area contributed by atoms with E-state index in [9.17, 15) is 14.7 Å². The molecule has 2 aromatic rings. The van der Waals surface area contributed by atoms with E-state index in [0.717, 1.165) is 17.7 Å². The fraction of sp³-hybridized carbons (Fsp3) is 0.438. The van der Waals surface area contributed by atoms with Gasteiger partial charge in [-0.05, 0) is 37.0 Å². The number of carbonyl (C=O) groups is 1. The van der Waals surface area contributed by atoms with Gasteiger partial charge in [-0.2, -0.15) is 5.10 Å². The molecule has 0 saturated carbocycles. The van der Waals surface area contributed by atoms with E-state index < -0.39 is 12.0 Å². The monoisotopic (exact) mass is 317 g/mol. The van der Waals surface area contributed by atoms with Gasteiger partial charge >= 0.3 is 11.7 Å². The van der Waals surface area contributed by atoms with Crippen LogP contribution in [0.5, 0.6) is 5.75 Å². The molecule has 7 nitrogen and oxygen atoms in total. The number of ether oxygens (including phenoxy) is 1. The molecule has 0 bridgehead atoms. The molecule has 1 aliphatic rings. The highest BCUT2D eigenvalue weighted by atomic mass is 16.5. The van der Waals surface area contributed by atoms with Crippen molar-refractivity contribution < 1.29 is 14.6 Å². The van der Waals surface area contributed by atoms with Crippen LogP contribution in [0, 0.1) is 0 Å². The normalized spacial score (nSPS) is 16.8. The second-order valence-corrected chi connectivity index (χ2v) is 5.64. The lowest BCUT2D eigenvalue weighted by Gasteiger charge is -2.19. The summed E-state index contributed by atoms with van der Waals surface area (Å²) in [5.41, 5.74) is 0.735. The SMILES string of the molecule is COc1ccc(CCn2nc3n(c2=O)[C@H](C(=O)O)CCC3)cc1. The van der Waals surface area contributed by atoms with E-state index in [2.05, 4.69) is 5.10 Å². The van der Waals surface area contributed by atoms with Gasteiger partial charge in [0.2, 0.25) is 0 Å². The maximum Gasteiger partial charge on any atom is 0.346 e. The van der Waals surface area contributed by atoms with Crippen molar-refractivity contribution in [2.75, 3.05) is 7.11 Å². The standard InChI is InChI=1S/C16H19N3O4/c1-23-12-7-5-11(6-8-12)9-10-18-16(22)19-13(15(20)21)3-2-4-14(19)17-18/h5-8,13H,2-4,9-10H2,1H3,(H,20,21)/t13-/m0/s1. The highest BCUT2D eigenvalue weighted by Gasteiger charge is 2.29. The second kappa shape index (κ2) is 6.28. The molecule has 1 N–H and O–H groups in total. The average molecular weight is 317 g/mol. The number of nitrogens with zero attached hydrogens (tertiary/aromatic N) is 3. The summed E-state index contributed by atoms with van der Waals surface area (Å²) in [4.78, 5) is 23.7. The Morgan fingerprint density at radius 1 is 1.39 bits per heavy atom. The zero-order valence-corrected chi connectivity index (χ0v) is 12.9. The molecule has 1 atom stereocenters. The summed E-state index contributed by atoms with van der Waals surface area (Å²) >= 11 is 0. The van der Waals surface area contributed by atoms with Crippen LogP contribution in [0.4, 0.5) is 0 Å². The van der Waals surface area contributed by atoms with Gasteiger partial charge in [0.1, 0.15) is 17.6 Å². The Hall–Kier alpha value is -2.57. The van der Waals surface area contributed by atoms with Crippen molar-refractivity contribution in [2.24, 2.45) is 0 Å². The summed E-state index contributed by atoms with van der Waals surface area (Å²) < 4.78 is 7.82. The van der Waals surface area contributed by atoms with Crippen LogP contribution in [-0.2, 0) is 24.2 Å². The number of methoxy groups -OCH3 is 1. The van der Waals surface area contributed by atoms with Crippen LogP contribution in [0.2, 0.25) is 0 Å². The lowest BCUT2D eigenvalue weighted by atomic mass is 10.1. The Morgan fingerprint density at radius 3 is 2.78 bits per heavy atom. The van der Waals surface area contributed by atoms with Gasteiger partial charge in [-0.15, -0.1) is 0 Å². The first kappa shape index (κ1) is 15.3. The Morgan fingerprint density at radius 2 is 2.13 bits per heavy atom. The van der Waals surface area contributed by atoms with Crippen molar-refractivity contribution in [1.82, 2.24) is 14.3 Å². The van der Waals surface area contributed by atoms with E-state index >= 15 is 0 Å². The number of hydrogen-bond donors (Lipinski definition) is 1. The number of benzene rings is 1. The number of aryl methyl sites for hydroxylation is 3. The molecule has 0 radical (unpaired) electrons. The molecule has 2 heterocycles. The zero-order chi connectivity index (χ0) is 16.4. The Kier molecular flexibility index (Phi) is 4.18. The van der Waals surface area contributed by atoms with Gasteiger partial charge in [0.15, 0.2) is 0 Å². The van der Waals surface area contributed by atoms with Crippen LogP contribution < -0.4 is 10.4 Å². The van der Waals surface area contributed by atoms with E-state index in [-0.39, 0.29) is 5.69 Å². The quantitative estimate of drug-likeness (QED) is 0.897. The van der Waals surface area contributed by atoms with Crippen LogP contribution in [0.3, 0.4) is 0 Å². The third-order valence-corrected chi connectivity index (χ3v) is 4.19. The first-order valence-corrected chi connectivity index (χ1v) is 7.64. The number of carboxylic acid groups (broad SMARTS) is 1. The van der Waals surface area contributed by atoms with Gasteiger partial charge in [0, 0.05) is 6.42 Å². The third-order valence-electron chi connectivity index (χ3n) is 4.19. The smallest absolute Gasteiger partial charge is 0.346 e. The Balaban J connectivity index is 1.79. The van der Waals surface area contributed by atoms with E-state index in [0.29, 0.717) is 31.6 Å². The minimum Gasteiger partial charge on any atom is -0.497 e. The van der Waals surface area contributed by atoms with Gasteiger partial charge in [-0.3, -0.25) is 4.57 Å². The van der Waals surface area contributed by atoms with Crippen molar-refractivity contribution in [3.63, 3.8) is 0 Å². The molecular weight excluding hydrogens is 298 g/mol. The predicted octanol–water partition coefficient (Wildman–Crippen LogP) is 1.26. The lowest BCUT2D eigenvalue weighted by molar-refractivity contribution is -0.141. The van der Waals surface area contributed by atoms with Crippen molar-refractivity contribution in [3.8, 4) is 5.75 Å². The highest BCUT2D eigenvalue weighted by molar-refractivity contribution is 5.72. The molecular formula is C16H19N3O4. The predicted molar refractivity (Wildman–Crippen MR) is 82.8 cm³/mol. The summed E-state index contributed by atoms with van der Waals surface area (Å²) in [5.74, 6) is 0.388. The molecule has 1 aliphatic heterocycles. The van der Waals surface area contributed by atoms with E-state index in [1.807, 2.05) is 24.3 Å². The second-order valence-electron chi connectivity index (χ2n) is 5.64. The molecule has 0 fully saturated rings. The maximum absolute atomic E-state index is 12.4. The van der Waals surface area contributed by atoms with Crippen LogP contribution in [-0.4, -0.2) is 32.5 Å². The van der Waals surface area contributed by atoms with E-state index in [1.165, 1.54) is 9.25 Å². The van der Waals surface area contributed by atoms with Gasteiger partial charge in [-0.1, -0.05) is 12.1 Å². The molecule has 1 aromatic heterocycles. The fourth-order valence-electron chi connectivity index (χ4n) is 2.94. The molecule has 1 aromatic carbocycles. The Bertz CT molecular complexity index is 761. The van der Waals surface area contributed by atoms with Crippen molar-refractivity contribution in [3.05, 3.63) is 46.1 Å². The third kappa shape index (κ3) is 2.99. The van der Waals surface area contributed by atoms with Gasteiger partial charge in [0.25, 0.3) is 0 Å². The number of aromatic nitrogens is 3. The van der Waals surface area contributed by atoms with Crippen LogP contribution in [0.25, 0.3) is 0 Å². The summed E-state index contributed by atoms with van der Waals surface area (Å²) in [5, 5.41) is 13.6. The molecule has 0 saturated heterocycles. The number of fused-ring (bicyclic) bond motifs is 1. The number of hydrogen-bond acceptors (Lipinski definition) is 4. The molecule has 0 amide bonds. The van der Waals surface area contributed by atoms with Gasteiger partial charge < -0.3 is 9.84 Å². The zero-order valence-electron chi connectivity index (χ0n) is 12.9. The molecule has 0 spiro atoms. The molecule has 0 aliphatic carbocycles. The van der Waals surface area contributed by atoms with Crippen molar-refractivity contribution in [2.45, 2.75) is 38.3 Å². The number of carboxylic acids is 1. The van der Waals surface area contributed by atoms with E-state index in [4.69, 9.17) is 4.74 Å². The van der Waals surface area contributed by atoms with Crippen LogP contribution in [0.1, 0.15) is 30.3 Å². The largest absolute Gasteiger partial charge is 0.497 e. The van der Waals surface area contributed by atoms with Gasteiger partial charge in [-0.25, -0.2) is 14.3 Å². The summed E-state index contributed by atoms with van der Waals surface area (Å²) in [6.07, 6.45) is 2.52. The minimum absolute atomic E-state index is 0.333. The molecule has 122 valence electrons. The fourth-order valence-corrected chi connectivity index (χ4v) is 2.94. The number of aliphatic carboxylic acids is 1.